The molecule has 0 saturated heterocycles. The minimum Gasteiger partial charge on any atom is -0.456 e. The lowest BCUT2D eigenvalue weighted by Crippen LogP contribution is -2.10. The third kappa shape index (κ3) is 5.30. The molecule has 12 aromatic rings. The largest absolute Gasteiger partial charge is 0.456 e. The van der Waals surface area contributed by atoms with Gasteiger partial charge in [-0.2, -0.15) is 0 Å². The first-order valence-electron chi connectivity index (χ1n) is 19.6. The summed E-state index contributed by atoms with van der Waals surface area (Å²) in [6.07, 6.45) is 0. The molecule has 3 heterocycles. The summed E-state index contributed by atoms with van der Waals surface area (Å²) in [7, 11) is 0. The molecule has 0 amide bonds. The maximum atomic E-state index is 6.40. The lowest BCUT2D eigenvalue weighted by Gasteiger charge is -2.26. The Hall–Kier alpha value is -6.98. The standard InChI is InChI=1S/C54H33NOS2/c1-2-11-34(12-3-1)37-13-8-14-38(33-37)35-23-27-39(28-24-35)55(46-19-10-21-48-51(46)44-15-4-6-20-47(44)56-48)40-29-25-36(26-30-40)41-17-9-18-42-43-31-32-50-52(54(43)58-53(41)42)45-16-5-7-22-49(45)57-50/h1-33H. The SMILES string of the molecule is c1ccc(-c2cccc(-c3ccc(N(c4ccc(-c5cccc6c5sc5c6ccc6sc7ccccc7c65)cc4)c4cccc5oc6ccccc6c45)cc3)c2)cc1. The highest BCUT2D eigenvalue weighted by Crippen LogP contribution is 2.48. The Labute approximate surface area is 343 Å². The summed E-state index contributed by atoms with van der Waals surface area (Å²) in [6.45, 7) is 0. The Morgan fingerprint density at radius 3 is 1.76 bits per heavy atom. The molecule has 0 radical (unpaired) electrons. The van der Waals surface area contributed by atoms with Crippen LogP contribution in [0, 0.1) is 0 Å². The number of fused-ring (bicyclic) bond motifs is 10. The van der Waals surface area contributed by atoms with Crippen LogP contribution >= 0.6 is 22.7 Å². The smallest absolute Gasteiger partial charge is 0.137 e. The molecule has 0 N–H and O–H groups in total. The second kappa shape index (κ2) is 13.3. The van der Waals surface area contributed by atoms with Crippen LogP contribution in [0.5, 0.6) is 0 Å². The van der Waals surface area contributed by atoms with Crippen LogP contribution < -0.4 is 4.90 Å². The van der Waals surface area contributed by atoms with E-state index in [1.807, 2.05) is 28.7 Å². The van der Waals surface area contributed by atoms with E-state index in [0.717, 1.165) is 39.0 Å². The predicted octanol–water partition coefficient (Wildman–Crippen LogP) is 16.8. The summed E-state index contributed by atoms with van der Waals surface area (Å²) < 4.78 is 11.8. The fourth-order valence-electron chi connectivity index (χ4n) is 8.76. The quantitative estimate of drug-likeness (QED) is 0.167. The van der Waals surface area contributed by atoms with Gasteiger partial charge in [0.05, 0.1) is 11.1 Å². The molecule has 0 bridgehead atoms. The van der Waals surface area contributed by atoms with Crippen LogP contribution in [0.4, 0.5) is 17.1 Å². The van der Waals surface area contributed by atoms with Gasteiger partial charge in [0.2, 0.25) is 0 Å². The molecule has 4 heteroatoms. The molecule has 0 aliphatic carbocycles. The van der Waals surface area contributed by atoms with Gasteiger partial charge in [0, 0.05) is 57.1 Å². The van der Waals surface area contributed by atoms with Crippen LogP contribution in [0.25, 0.3) is 95.7 Å². The van der Waals surface area contributed by atoms with Gasteiger partial charge in [0.15, 0.2) is 0 Å². The number of hydrogen-bond acceptors (Lipinski definition) is 4. The summed E-state index contributed by atoms with van der Waals surface area (Å²) in [4.78, 5) is 2.37. The number of hydrogen-bond donors (Lipinski definition) is 0. The van der Waals surface area contributed by atoms with Gasteiger partial charge in [0.1, 0.15) is 11.2 Å². The molecule has 58 heavy (non-hydrogen) atoms. The van der Waals surface area contributed by atoms with Crippen molar-refractivity contribution in [3.05, 3.63) is 200 Å². The fourth-order valence-corrected chi connectivity index (χ4v) is 11.3. The number of thiophene rings is 2. The number of anilines is 3. The van der Waals surface area contributed by atoms with Crippen LogP contribution in [-0.2, 0) is 0 Å². The van der Waals surface area contributed by atoms with Crippen molar-refractivity contribution in [3.8, 4) is 33.4 Å². The molecule has 2 nitrogen and oxygen atoms in total. The Morgan fingerprint density at radius 2 is 0.948 bits per heavy atom. The van der Waals surface area contributed by atoms with Crippen molar-refractivity contribution < 1.29 is 4.42 Å². The summed E-state index contributed by atoms with van der Waals surface area (Å²) in [5.74, 6) is 0. The van der Waals surface area contributed by atoms with Crippen molar-refractivity contribution in [1.82, 2.24) is 0 Å². The molecule has 0 saturated carbocycles. The first kappa shape index (κ1) is 33.2. The minimum absolute atomic E-state index is 0.874. The first-order chi connectivity index (χ1) is 28.7. The van der Waals surface area contributed by atoms with E-state index in [1.54, 1.807) is 0 Å². The topological polar surface area (TPSA) is 16.4 Å². The number of nitrogens with zero attached hydrogens (tertiary/aromatic N) is 1. The highest BCUT2D eigenvalue weighted by molar-refractivity contribution is 7.30. The lowest BCUT2D eigenvalue weighted by molar-refractivity contribution is 0.669. The average molecular weight is 776 g/mol. The van der Waals surface area contributed by atoms with Crippen LogP contribution in [0.1, 0.15) is 0 Å². The number of para-hydroxylation sites is 1. The van der Waals surface area contributed by atoms with Gasteiger partial charge >= 0.3 is 0 Å². The Balaban J connectivity index is 0.985. The maximum absolute atomic E-state index is 6.40. The van der Waals surface area contributed by atoms with Gasteiger partial charge in [-0.25, -0.2) is 0 Å². The van der Waals surface area contributed by atoms with Gasteiger partial charge < -0.3 is 9.32 Å². The van der Waals surface area contributed by atoms with E-state index >= 15 is 0 Å². The van der Waals surface area contributed by atoms with Crippen molar-refractivity contribution in [2.75, 3.05) is 4.90 Å². The normalized spacial score (nSPS) is 11.8. The molecule has 0 aliphatic rings. The van der Waals surface area contributed by atoms with E-state index in [0.29, 0.717) is 0 Å². The fraction of sp³-hybridized carbons (Fsp3) is 0. The zero-order valence-corrected chi connectivity index (χ0v) is 32.9. The van der Waals surface area contributed by atoms with Crippen molar-refractivity contribution in [2.45, 2.75) is 0 Å². The zero-order valence-electron chi connectivity index (χ0n) is 31.2. The molecule has 0 atom stereocenters. The van der Waals surface area contributed by atoms with Crippen molar-refractivity contribution in [3.63, 3.8) is 0 Å². The second-order valence-corrected chi connectivity index (χ2v) is 16.9. The number of rotatable bonds is 6. The van der Waals surface area contributed by atoms with E-state index in [-0.39, 0.29) is 0 Å². The zero-order chi connectivity index (χ0) is 38.2. The van der Waals surface area contributed by atoms with Crippen LogP contribution in [0.2, 0.25) is 0 Å². The van der Waals surface area contributed by atoms with E-state index < -0.39 is 0 Å². The molecule has 3 aromatic heterocycles. The molecular formula is C54H33NOS2. The van der Waals surface area contributed by atoms with Crippen LogP contribution in [0.15, 0.2) is 205 Å². The van der Waals surface area contributed by atoms with E-state index in [9.17, 15) is 0 Å². The third-order valence-corrected chi connectivity index (χ3v) is 13.9. The van der Waals surface area contributed by atoms with E-state index in [4.69, 9.17) is 4.42 Å². The number of furan rings is 1. The van der Waals surface area contributed by atoms with Crippen molar-refractivity contribution in [1.29, 1.82) is 0 Å². The third-order valence-electron chi connectivity index (χ3n) is 11.5. The van der Waals surface area contributed by atoms with Crippen molar-refractivity contribution in [2.24, 2.45) is 0 Å². The Kier molecular flexibility index (Phi) is 7.62. The average Bonchev–Trinajstić information content (AvgIpc) is 3.99. The van der Waals surface area contributed by atoms with E-state index in [1.165, 1.54) is 73.7 Å². The lowest BCUT2D eigenvalue weighted by atomic mass is 9.98. The second-order valence-electron chi connectivity index (χ2n) is 14.8. The molecular weight excluding hydrogens is 743 g/mol. The monoisotopic (exact) mass is 775 g/mol. The summed E-state index contributed by atoms with van der Waals surface area (Å²) in [6, 6.07) is 72.4. The van der Waals surface area contributed by atoms with Gasteiger partial charge in [0.25, 0.3) is 0 Å². The highest BCUT2D eigenvalue weighted by atomic mass is 32.1. The molecule has 272 valence electrons. The molecule has 0 aliphatic heterocycles. The maximum Gasteiger partial charge on any atom is 0.137 e. The summed E-state index contributed by atoms with van der Waals surface area (Å²) in [5.41, 5.74) is 12.2. The predicted molar refractivity (Wildman–Crippen MR) is 250 cm³/mol. The van der Waals surface area contributed by atoms with E-state index in [2.05, 4.69) is 199 Å². The van der Waals surface area contributed by atoms with Crippen LogP contribution in [-0.4, -0.2) is 0 Å². The molecule has 0 spiro atoms. The van der Waals surface area contributed by atoms with Gasteiger partial charge in [-0.05, 0) is 94.0 Å². The van der Waals surface area contributed by atoms with Crippen molar-refractivity contribution >= 4 is 102 Å². The molecule has 0 fully saturated rings. The summed E-state index contributed by atoms with van der Waals surface area (Å²) >= 11 is 3.81. The highest BCUT2D eigenvalue weighted by Gasteiger charge is 2.21. The van der Waals surface area contributed by atoms with Gasteiger partial charge in [-0.1, -0.05) is 140 Å². The number of benzene rings is 9. The molecule has 0 unspecified atom stereocenters. The first-order valence-corrected chi connectivity index (χ1v) is 21.2. The summed E-state index contributed by atoms with van der Waals surface area (Å²) in [5, 5.41) is 7.58. The molecule has 9 aromatic carbocycles. The minimum atomic E-state index is 0.874. The Morgan fingerprint density at radius 1 is 0.345 bits per heavy atom. The van der Waals surface area contributed by atoms with Crippen LogP contribution in [0.3, 0.4) is 0 Å². The van der Waals surface area contributed by atoms with Gasteiger partial charge in [-0.3, -0.25) is 0 Å². The van der Waals surface area contributed by atoms with Gasteiger partial charge in [-0.15, -0.1) is 22.7 Å². The Bertz CT molecular complexity index is 3500. The molecule has 12 rings (SSSR count).